The fourth-order valence-corrected chi connectivity index (χ4v) is 1.87. The lowest BCUT2D eigenvalue weighted by molar-refractivity contribution is 0.148. The van der Waals surface area contributed by atoms with Gasteiger partial charge in [-0.1, -0.05) is 0 Å². The number of likely N-dealkylation sites (N-methyl/N-ethyl adjacent to an activating group) is 1. The lowest BCUT2D eigenvalue weighted by Crippen LogP contribution is -2.30. The molecule has 0 aromatic carbocycles. The highest BCUT2D eigenvalue weighted by Crippen LogP contribution is 2.48. The van der Waals surface area contributed by atoms with E-state index >= 15 is 0 Å². The van der Waals surface area contributed by atoms with Gasteiger partial charge in [0.15, 0.2) is 0 Å². The predicted molar refractivity (Wildman–Crippen MR) is 54.7 cm³/mol. The van der Waals surface area contributed by atoms with Gasteiger partial charge in [0.1, 0.15) is 0 Å². The van der Waals surface area contributed by atoms with Gasteiger partial charge in [-0.15, -0.1) is 0 Å². The number of nitrogens with zero attached hydrogens (tertiary/aromatic N) is 1. The van der Waals surface area contributed by atoms with Crippen molar-refractivity contribution in [3.05, 3.63) is 0 Å². The second-order valence-corrected chi connectivity index (χ2v) is 4.27. The smallest absolute Gasteiger partial charge is 0.0589 e. The molecule has 0 bridgehead atoms. The Morgan fingerprint density at radius 2 is 2.15 bits per heavy atom. The highest BCUT2D eigenvalue weighted by atomic mass is 16.5. The number of methoxy groups -OCH3 is 1. The Morgan fingerprint density at radius 1 is 1.46 bits per heavy atom. The summed E-state index contributed by atoms with van der Waals surface area (Å²) in [6, 6.07) is 0. The summed E-state index contributed by atoms with van der Waals surface area (Å²) in [5, 5.41) is 0. The van der Waals surface area contributed by atoms with Crippen molar-refractivity contribution in [3.63, 3.8) is 0 Å². The van der Waals surface area contributed by atoms with Crippen LogP contribution in [-0.4, -0.2) is 45.3 Å². The molecule has 0 saturated heterocycles. The monoisotopic (exact) mass is 186 g/mol. The second-order valence-electron chi connectivity index (χ2n) is 4.27. The van der Waals surface area contributed by atoms with Crippen LogP contribution in [0.5, 0.6) is 0 Å². The van der Waals surface area contributed by atoms with Gasteiger partial charge in [0, 0.05) is 20.2 Å². The third-order valence-corrected chi connectivity index (χ3v) is 2.91. The molecular formula is C10H22N2O. The van der Waals surface area contributed by atoms with Crippen LogP contribution in [0.25, 0.3) is 0 Å². The topological polar surface area (TPSA) is 38.5 Å². The first kappa shape index (κ1) is 11.0. The van der Waals surface area contributed by atoms with Crippen molar-refractivity contribution in [2.24, 2.45) is 11.1 Å². The van der Waals surface area contributed by atoms with Crippen LogP contribution in [0.1, 0.15) is 19.3 Å². The van der Waals surface area contributed by atoms with Gasteiger partial charge < -0.3 is 15.4 Å². The Bertz CT molecular complexity index is 146. The van der Waals surface area contributed by atoms with Gasteiger partial charge in [0.25, 0.3) is 0 Å². The molecule has 1 fully saturated rings. The van der Waals surface area contributed by atoms with Gasteiger partial charge in [-0.05, 0) is 38.3 Å². The van der Waals surface area contributed by atoms with E-state index in [4.69, 9.17) is 10.5 Å². The van der Waals surface area contributed by atoms with Crippen molar-refractivity contribution in [1.29, 1.82) is 0 Å². The van der Waals surface area contributed by atoms with E-state index in [0.717, 1.165) is 19.7 Å². The van der Waals surface area contributed by atoms with Crippen LogP contribution < -0.4 is 5.73 Å². The molecule has 0 heterocycles. The molecule has 1 saturated carbocycles. The summed E-state index contributed by atoms with van der Waals surface area (Å²) in [5.74, 6) is 0. The summed E-state index contributed by atoms with van der Waals surface area (Å²) in [6.45, 7) is 3.88. The molecule has 3 heteroatoms. The fourth-order valence-electron chi connectivity index (χ4n) is 1.87. The summed E-state index contributed by atoms with van der Waals surface area (Å²) < 4.78 is 5.04. The summed E-state index contributed by atoms with van der Waals surface area (Å²) >= 11 is 0. The second kappa shape index (κ2) is 4.94. The van der Waals surface area contributed by atoms with Gasteiger partial charge in [0.05, 0.1) is 6.61 Å². The molecule has 2 N–H and O–H groups in total. The van der Waals surface area contributed by atoms with Gasteiger partial charge in [-0.3, -0.25) is 0 Å². The minimum atomic E-state index is 0.567. The largest absolute Gasteiger partial charge is 0.383 e. The average Bonchev–Trinajstić information content (AvgIpc) is 2.82. The first-order valence-electron chi connectivity index (χ1n) is 5.10. The van der Waals surface area contributed by atoms with E-state index in [1.165, 1.54) is 25.8 Å². The Labute approximate surface area is 81.2 Å². The third-order valence-electron chi connectivity index (χ3n) is 2.91. The molecule has 1 aliphatic carbocycles. The Kier molecular flexibility index (Phi) is 4.16. The van der Waals surface area contributed by atoms with Crippen molar-refractivity contribution in [2.75, 3.05) is 40.4 Å². The Balaban J connectivity index is 2.15. The maximum absolute atomic E-state index is 5.59. The zero-order valence-electron chi connectivity index (χ0n) is 8.88. The maximum atomic E-state index is 5.59. The summed E-state index contributed by atoms with van der Waals surface area (Å²) in [4.78, 5) is 2.35. The summed E-state index contributed by atoms with van der Waals surface area (Å²) in [7, 11) is 3.91. The maximum Gasteiger partial charge on any atom is 0.0589 e. The SMILES string of the molecule is COCCN(C)CC1(CCN)CC1. The summed E-state index contributed by atoms with van der Waals surface area (Å²) in [5.41, 5.74) is 6.15. The van der Waals surface area contributed by atoms with Crippen molar-refractivity contribution in [3.8, 4) is 0 Å². The lowest BCUT2D eigenvalue weighted by atomic mass is 10.0. The van der Waals surface area contributed by atoms with Crippen molar-refractivity contribution >= 4 is 0 Å². The molecule has 0 unspecified atom stereocenters. The molecule has 3 nitrogen and oxygen atoms in total. The van der Waals surface area contributed by atoms with Crippen LogP contribution in [0.15, 0.2) is 0 Å². The molecule has 1 aliphatic rings. The standard InChI is InChI=1S/C10H22N2O/c1-12(7-8-13-2)9-10(3-4-10)5-6-11/h3-9,11H2,1-2H3. The van der Waals surface area contributed by atoms with Crippen LogP contribution in [0.2, 0.25) is 0 Å². The van der Waals surface area contributed by atoms with Crippen molar-refractivity contribution in [2.45, 2.75) is 19.3 Å². The molecule has 13 heavy (non-hydrogen) atoms. The molecular weight excluding hydrogens is 164 g/mol. The first-order chi connectivity index (χ1) is 6.22. The van der Waals surface area contributed by atoms with E-state index in [1.54, 1.807) is 7.11 Å². The normalized spacial score (nSPS) is 19.4. The van der Waals surface area contributed by atoms with Gasteiger partial charge in [0.2, 0.25) is 0 Å². The highest BCUT2D eigenvalue weighted by Gasteiger charge is 2.42. The lowest BCUT2D eigenvalue weighted by Gasteiger charge is -2.22. The molecule has 0 amide bonds. The van der Waals surface area contributed by atoms with E-state index < -0.39 is 0 Å². The highest BCUT2D eigenvalue weighted by molar-refractivity contribution is 4.95. The van der Waals surface area contributed by atoms with Crippen LogP contribution in [0.3, 0.4) is 0 Å². The first-order valence-corrected chi connectivity index (χ1v) is 5.10. The predicted octanol–water partition coefficient (Wildman–Crippen LogP) is 0.694. The molecule has 0 radical (unpaired) electrons. The zero-order chi connectivity index (χ0) is 9.73. The molecule has 0 spiro atoms. The number of hydrogen-bond donors (Lipinski definition) is 1. The van der Waals surface area contributed by atoms with Crippen LogP contribution in [0.4, 0.5) is 0 Å². The van der Waals surface area contributed by atoms with E-state index in [0.29, 0.717) is 5.41 Å². The Morgan fingerprint density at radius 3 is 2.62 bits per heavy atom. The third kappa shape index (κ3) is 3.63. The fraction of sp³-hybridized carbons (Fsp3) is 1.00. The molecule has 0 aliphatic heterocycles. The minimum Gasteiger partial charge on any atom is -0.383 e. The van der Waals surface area contributed by atoms with Gasteiger partial charge in [-0.25, -0.2) is 0 Å². The Hall–Kier alpha value is -0.120. The quantitative estimate of drug-likeness (QED) is 0.636. The molecule has 0 aromatic rings. The van der Waals surface area contributed by atoms with Crippen molar-refractivity contribution in [1.82, 2.24) is 4.90 Å². The minimum absolute atomic E-state index is 0.567. The van der Waals surface area contributed by atoms with E-state index in [1.807, 2.05) is 0 Å². The van der Waals surface area contributed by atoms with E-state index in [9.17, 15) is 0 Å². The average molecular weight is 186 g/mol. The van der Waals surface area contributed by atoms with Gasteiger partial charge >= 0.3 is 0 Å². The van der Waals surface area contributed by atoms with E-state index in [-0.39, 0.29) is 0 Å². The molecule has 0 atom stereocenters. The number of nitrogens with two attached hydrogens (primary N) is 1. The molecule has 1 rings (SSSR count). The van der Waals surface area contributed by atoms with Gasteiger partial charge in [-0.2, -0.15) is 0 Å². The zero-order valence-corrected chi connectivity index (χ0v) is 8.88. The van der Waals surface area contributed by atoms with Crippen LogP contribution in [0, 0.1) is 5.41 Å². The van der Waals surface area contributed by atoms with Crippen molar-refractivity contribution < 1.29 is 4.74 Å². The van der Waals surface area contributed by atoms with Crippen LogP contribution >= 0.6 is 0 Å². The number of rotatable bonds is 7. The molecule has 0 aromatic heterocycles. The number of hydrogen-bond acceptors (Lipinski definition) is 3. The summed E-state index contributed by atoms with van der Waals surface area (Å²) in [6.07, 6.45) is 3.91. The van der Waals surface area contributed by atoms with E-state index in [2.05, 4.69) is 11.9 Å². The van der Waals surface area contributed by atoms with Crippen LogP contribution in [-0.2, 0) is 4.74 Å². The number of ether oxygens (including phenoxy) is 1. The molecule has 78 valence electrons.